The maximum absolute atomic E-state index is 14.0. The molecule has 0 aliphatic carbocycles. The Morgan fingerprint density at radius 3 is 2.58 bits per heavy atom. The van der Waals surface area contributed by atoms with Gasteiger partial charge in [0.25, 0.3) is 5.56 Å². The molecule has 10 heteroatoms. The third-order valence-corrected chi connectivity index (χ3v) is 7.54. The molecular weight excluding hydrogens is 547 g/mol. The summed E-state index contributed by atoms with van der Waals surface area (Å²) in [6.07, 6.45) is 4.20. The standard InChI is InChI=1S/C33H33FN6O3/c1-6-19(3)32(42)38-27-16-35-31(23-10-8-9-22(13-23)29(41)7-2)40(33(27)43)18-25-15-30(37-21(5)36-25)39-17-20(4)26-14-24(34)11-12-28(26)39/h8-17,19H,6-7,18H2,1-5H3,(H,38,42)/t19-/m1/s1. The van der Waals surface area contributed by atoms with Gasteiger partial charge in [-0.25, -0.2) is 19.3 Å². The molecule has 0 saturated carbocycles. The number of hydrogen-bond acceptors (Lipinski definition) is 6. The maximum Gasteiger partial charge on any atom is 0.277 e. The fourth-order valence-electron chi connectivity index (χ4n) is 4.97. The van der Waals surface area contributed by atoms with E-state index in [1.165, 1.54) is 22.9 Å². The van der Waals surface area contributed by atoms with Crippen LogP contribution in [0.15, 0.2) is 65.7 Å². The largest absolute Gasteiger partial charge is 0.320 e. The molecule has 0 bridgehead atoms. The Morgan fingerprint density at radius 1 is 1.05 bits per heavy atom. The van der Waals surface area contributed by atoms with Crippen LogP contribution < -0.4 is 10.9 Å². The molecule has 9 nitrogen and oxygen atoms in total. The molecule has 5 aromatic rings. The van der Waals surface area contributed by atoms with Gasteiger partial charge >= 0.3 is 0 Å². The lowest BCUT2D eigenvalue weighted by molar-refractivity contribution is -0.119. The first-order valence-electron chi connectivity index (χ1n) is 14.3. The van der Waals surface area contributed by atoms with Crippen molar-refractivity contribution in [2.45, 2.75) is 54.0 Å². The third-order valence-electron chi connectivity index (χ3n) is 7.54. The Labute approximate surface area is 248 Å². The molecule has 0 aliphatic rings. The first kappa shape index (κ1) is 29.5. The predicted molar refractivity (Wildman–Crippen MR) is 164 cm³/mol. The van der Waals surface area contributed by atoms with Gasteiger partial charge in [-0.05, 0) is 50.1 Å². The topological polar surface area (TPSA) is 112 Å². The van der Waals surface area contributed by atoms with Crippen LogP contribution in [-0.2, 0) is 11.3 Å². The molecule has 2 aromatic carbocycles. The number of benzene rings is 2. The summed E-state index contributed by atoms with van der Waals surface area (Å²) < 4.78 is 17.3. The monoisotopic (exact) mass is 580 g/mol. The van der Waals surface area contributed by atoms with E-state index in [1.807, 2.05) is 24.6 Å². The minimum atomic E-state index is -0.454. The molecule has 3 aromatic heterocycles. The van der Waals surface area contributed by atoms with E-state index < -0.39 is 5.56 Å². The highest BCUT2D eigenvalue weighted by Crippen LogP contribution is 2.26. The van der Waals surface area contributed by atoms with E-state index in [1.54, 1.807) is 57.2 Å². The molecule has 0 fully saturated rings. The molecule has 43 heavy (non-hydrogen) atoms. The van der Waals surface area contributed by atoms with E-state index in [-0.39, 0.29) is 35.7 Å². The van der Waals surface area contributed by atoms with E-state index in [0.29, 0.717) is 47.1 Å². The fourth-order valence-corrected chi connectivity index (χ4v) is 4.97. The van der Waals surface area contributed by atoms with Crippen molar-refractivity contribution in [3.05, 3.63) is 99.7 Å². The van der Waals surface area contributed by atoms with Crippen LogP contribution in [0.5, 0.6) is 0 Å². The van der Waals surface area contributed by atoms with Crippen LogP contribution in [0.2, 0.25) is 0 Å². The highest BCUT2D eigenvalue weighted by Gasteiger charge is 2.19. The summed E-state index contributed by atoms with van der Waals surface area (Å²) in [5.41, 5.74) is 2.90. The minimum absolute atomic E-state index is 0.0172. The molecule has 0 unspecified atom stereocenters. The summed E-state index contributed by atoms with van der Waals surface area (Å²) in [6.45, 7) is 9.16. The highest BCUT2D eigenvalue weighted by molar-refractivity contribution is 5.97. The van der Waals surface area contributed by atoms with E-state index >= 15 is 0 Å². The summed E-state index contributed by atoms with van der Waals surface area (Å²) in [5.74, 6) is 0.455. The number of Topliss-reactive ketones (excluding diaryl/α,β-unsaturated/α-hetero) is 1. The molecule has 0 spiro atoms. The fraction of sp³-hybridized carbons (Fsp3) is 0.273. The van der Waals surface area contributed by atoms with Crippen LogP contribution in [0.3, 0.4) is 0 Å². The number of fused-ring (bicyclic) bond motifs is 1. The summed E-state index contributed by atoms with van der Waals surface area (Å²) in [6, 6.07) is 13.4. The molecule has 0 radical (unpaired) electrons. The van der Waals surface area contributed by atoms with Crippen molar-refractivity contribution in [3.63, 3.8) is 0 Å². The van der Waals surface area contributed by atoms with E-state index in [2.05, 4.69) is 20.3 Å². The van der Waals surface area contributed by atoms with Gasteiger partial charge in [-0.2, -0.15) is 0 Å². The van der Waals surface area contributed by atoms with Gasteiger partial charge in [-0.1, -0.05) is 39.0 Å². The molecule has 1 atom stereocenters. The SMILES string of the molecule is CCC(=O)c1cccc(-c2ncc(NC(=O)[C@H](C)CC)c(=O)n2Cc2cc(-n3cc(C)c4cc(F)ccc43)nc(C)n2)c1. The Balaban J connectivity index is 1.64. The van der Waals surface area contributed by atoms with Crippen molar-refractivity contribution in [2.24, 2.45) is 5.92 Å². The molecule has 1 amide bonds. The van der Waals surface area contributed by atoms with Gasteiger partial charge in [0.05, 0.1) is 24.0 Å². The summed E-state index contributed by atoms with van der Waals surface area (Å²) in [4.78, 5) is 52.8. The second kappa shape index (κ2) is 12.1. The number of aryl methyl sites for hydroxylation is 2. The van der Waals surface area contributed by atoms with Crippen molar-refractivity contribution >= 4 is 28.3 Å². The molecule has 0 aliphatic heterocycles. The highest BCUT2D eigenvalue weighted by atomic mass is 19.1. The molecule has 1 N–H and O–H groups in total. The van der Waals surface area contributed by atoms with Crippen molar-refractivity contribution in [2.75, 3.05) is 5.32 Å². The smallest absolute Gasteiger partial charge is 0.277 e. The number of carbonyl (C=O) groups is 2. The van der Waals surface area contributed by atoms with Gasteiger partial charge in [0, 0.05) is 41.1 Å². The van der Waals surface area contributed by atoms with Gasteiger partial charge in [0.1, 0.15) is 29.0 Å². The van der Waals surface area contributed by atoms with E-state index in [0.717, 1.165) is 16.5 Å². The molecule has 3 heterocycles. The van der Waals surface area contributed by atoms with E-state index in [9.17, 15) is 18.8 Å². The maximum atomic E-state index is 14.0. The zero-order chi connectivity index (χ0) is 30.8. The third kappa shape index (κ3) is 5.99. The molecule has 5 rings (SSSR count). The zero-order valence-electron chi connectivity index (χ0n) is 24.8. The number of nitrogens with zero attached hydrogens (tertiary/aromatic N) is 5. The Morgan fingerprint density at radius 2 is 1.84 bits per heavy atom. The summed E-state index contributed by atoms with van der Waals surface area (Å²) in [5, 5.41) is 3.49. The van der Waals surface area contributed by atoms with Crippen LogP contribution in [0.4, 0.5) is 10.1 Å². The lowest BCUT2D eigenvalue weighted by Gasteiger charge is -2.16. The van der Waals surface area contributed by atoms with Crippen LogP contribution >= 0.6 is 0 Å². The lowest BCUT2D eigenvalue weighted by Crippen LogP contribution is -2.30. The first-order chi connectivity index (χ1) is 20.6. The number of rotatable bonds is 9. The van der Waals surface area contributed by atoms with Gasteiger partial charge in [-0.15, -0.1) is 0 Å². The van der Waals surface area contributed by atoms with E-state index in [4.69, 9.17) is 0 Å². The number of carbonyl (C=O) groups excluding carboxylic acids is 2. The Bertz CT molecular complexity index is 1930. The average Bonchev–Trinajstić information content (AvgIpc) is 3.33. The van der Waals surface area contributed by atoms with Gasteiger partial charge in [0.2, 0.25) is 5.91 Å². The number of amides is 1. The second-order valence-corrected chi connectivity index (χ2v) is 10.7. The molecule has 0 saturated heterocycles. The van der Waals surface area contributed by atoms with Gasteiger partial charge in [0.15, 0.2) is 5.78 Å². The number of anilines is 1. The van der Waals surface area contributed by atoms with Crippen LogP contribution in [0, 0.1) is 25.6 Å². The van der Waals surface area contributed by atoms with Crippen molar-refractivity contribution in [3.8, 4) is 17.2 Å². The molecular formula is C33H33FN6O3. The summed E-state index contributed by atoms with van der Waals surface area (Å²) >= 11 is 0. The molecule has 220 valence electrons. The average molecular weight is 581 g/mol. The van der Waals surface area contributed by atoms with Crippen molar-refractivity contribution < 1.29 is 14.0 Å². The second-order valence-electron chi connectivity index (χ2n) is 10.7. The van der Waals surface area contributed by atoms with Crippen LogP contribution in [0.25, 0.3) is 28.1 Å². The van der Waals surface area contributed by atoms with Crippen molar-refractivity contribution in [1.82, 2.24) is 24.1 Å². The number of hydrogen-bond donors (Lipinski definition) is 1. The minimum Gasteiger partial charge on any atom is -0.320 e. The van der Waals surface area contributed by atoms with Crippen molar-refractivity contribution in [1.29, 1.82) is 0 Å². The Hall–Kier alpha value is -4.99. The zero-order valence-corrected chi connectivity index (χ0v) is 24.8. The van der Waals surface area contributed by atoms with Crippen LogP contribution in [-0.4, -0.2) is 35.8 Å². The number of nitrogens with one attached hydrogen (secondary N) is 1. The van der Waals surface area contributed by atoms with Gasteiger partial charge in [-0.3, -0.25) is 19.0 Å². The predicted octanol–water partition coefficient (Wildman–Crippen LogP) is 6.03. The number of aromatic nitrogens is 5. The quantitative estimate of drug-likeness (QED) is 0.213. The van der Waals surface area contributed by atoms with Gasteiger partial charge < -0.3 is 9.88 Å². The first-order valence-corrected chi connectivity index (χ1v) is 14.3. The normalized spacial score (nSPS) is 12.0. The van der Waals surface area contributed by atoms with Crippen LogP contribution in [0.1, 0.15) is 61.1 Å². The summed E-state index contributed by atoms with van der Waals surface area (Å²) in [7, 11) is 0. The number of ketones is 1. The number of halogens is 1. The lowest BCUT2D eigenvalue weighted by atomic mass is 10.0. The Kier molecular flexibility index (Phi) is 8.29.